The highest BCUT2D eigenvalue weighted by Crippen LogP contribution is 2.02. The molecule has 0 aliphatic rings. The van der Waals surface area contributed by atoms with Gasteiger partial charge < -0.3 is 15.8 Å². The maximum atomic E-state index is 11.4. The van der Waals surface area contributed by atoms with Crippen LogP contribution in [0.1, 0.15) is 0 Å². The van der Waals surface area contributed by atoms with E-state index in [1.165, 1.54) is 7.11 Å². The van der Waals surface area contributed by atoms with Gasteiger partial charge >= 0.3 is 0 Å². The van der Waals surface area contributed by atoms with Crippen LogP contribution in [0.15, 0.2) is 12.3 Å². The molecule has 0 bridgehead atoms. The summed E-state index contributed by atoms with van der Waals surface area (Å²) in [4.78, 5) is 11.4. The Hall–Kier alpha value is -1.40. The predicted molar refractivity (Wildman–Crippen MR) is 51.7 cm³/mol. The number of nitrogens with one attached hydrogen (secondary N) is 1. The fourth-order valence-electron chi connectivity index (χ4n) is 0.999. The zero-order chi connectivity index (χ0) is 10.6. The molecular formula is C8H14N4O2. The molecule has 0 aromatic carbocycles. The number of rotatable bonds is 4. The minimum atomic E-state index is -0.628. The molecule has 0 spiro atoms. The average molecular weight is 198 g/mol. The van der Waals surface area contributed by atoms with Gasteiger partial charge in [0.05, 0.1) is 0 Å². The number of hydrogen-bond donors (Lipinski definition) is 2. The van der Waals surface area contributed by atoms with Crippen molar-refractivity contribution in [2.45, 2.75) is 6.10 Å². The Bertz CT molecular complexity index is 306. The summed E-state index contributed by atoms with van der Waals surface area (Å²) in [6.45, 7) is 0.148. The molecule has 0 saturated heterocycles. The first-order chi connectivity index (χ1) is 6.67. The summed E-state index contributed by atoms with van der Waals surface area (Å²) < 4.78 is 6.47. The van der Waals surface area contributed by atoms with E-state index in [2.05, 4.69) is 10.4 Å². The first kappa shape index (κ1) is 10.7. The molecule has 1 aromatic rings. The van der Waals surface area contributed by atoms with E-state index in [9.17, 15) is 4.79 Å². The van der Waals surface area contributed by atoms with Gasteiger partial charge in [-0.15, -0.1) is 0 Å². The molecule has 1 rings (SSSR count). The molecule has 0 aliphatic heterocycles. The third-order valence-corrected chi connectivity index (χ3v) is 1.76. The topological polar surface area (TPSA) is 82.2 Å². The molecule has 0 aliphatic carbocycles. The number of amides is 1. The number of nitrogens with two attached hydrogens (primary N) is 1. The number of anilines is 1. The van der Waals surface area contributed by atoms with E-state index in [4.69, 9.17) is 10.5 Å². The highest BCUT2D eigenvalue weighted by molar-refractivity contribution is 5.93. The quantitative estimate of drug-likeness (QED) is 0.672. The third-order valence-electron chi connectivity index (χ3n) is 1.76. The van der Waals surface area contributed by atoms with Gasteiger partial charge in [0.25, 0.3) is 5.91 Å². The van der Waals surface area contributed by atoms with Crippen molar-refractivity contribution in [1.82, 2.24) is 9.78 Å². The second-order valence-corrected chi connectivity index (χ2v) is 2.82. The van der Waals surface area contributed by atoms with Gasteiger partial charge in [0.1, 0.15) is 6.10 Å². The Balaban J connectivity index is 2.56. The second-order valence-electron chi connectivity index (χ2n) is 2.82. The van der Waals surface area contributed by atoms with Crippen molar-refractivity contribution in [2.75, 3.05) is 19.0 Å². The van der Waals surface area contributed by atoms with Crippen molar-refractivity contribution in [3.8, 4) is 0 Å². The number of hydrogen-bond acceptors (Lipinski definition) is 4. The van der Waals surface area contributed by atoms with Crippen LogP contribution in [0.2, 0.25) is 0 Å². The molecule has 1 aromatic heterocycles. The van der Waals surface area contributed by atoms with Crippen LogP contribution in [0.5, 0.6) is 0 Å². The number of methoxy groups -OCH3 is 1. The standard InChI is InChI=1S/C8H14N4O2/c1-12-4-3-7(11-12)10-8(13)6(5-9)14-2/h3-4,6H,5,9H2,1-2H3,(H,10,11,13). The zero-order valence-corrected chi connectivity index (χ0v) is 8.23. The number of carbonyl (C=O) groups is 1. The molecule has 1 atom stereocenters. The molecular weight excluding hydrogens is 184 g/mol. The predicted octanol–water partition coefficient (Wildman–Crippen LogP) is -0.668. The lowest BCUT2D eigenvalue weighted by atomic mass is 10.3. The van der Waals surface area contributed by atoms with Crippen LogP contribution >= 0.6 is 0 Å². The molecule has 1 amide bonds. The largest absolute Gasteiger partial charge is 0.370 e. The van der Waals surface area contributed by atoms with E-state index in [0.717, 1.165) is 0 Å². The van der Waals surface area contributed by atoms with Gasteiger partial charge in [0.15, 0.2) is 5.82 Å². The SMILES string of the molecule is COC(CN)C(=O)Nc1ccn(C)n1. The van der Waals surface area contributed by atoms with Crippen molar-refractivity contribution in [2.24, 2.45) is 12.8 Å². The summed E-state index contributed by atoms with van der Waals surface area (Å²) in [5.41, 5.74) is 5.33. The summed E-state index contributed by atoms with van der Waals surface area (Å²) >= 11 is 0. The molecule has 6 heteroatoms. The summed E-state index contributed by atoms with van der Waals surface area (Å²) in [5, 5.41) is 6.58. The Kier molecular flexibility index (Phi) is 3.61. The van der Waals surface area contributed by atoms with Crippen LogP contribution in [0.25, 0.3) is 0 Å². The maximum Gasteiger partial charge on any atom is 0.256 e. The van der Waals surface area contributed by atoms with Gasteiger partial charge in [-0.05, 0) is 0 Å². The Morgan fingerprint density at radius 3 is 3.00 bits per heavy atom. The van der Waals surface area contributed by atoms with Gasteiger partial charge in [-0.25, -0.2) is 0 Å². The van der Waals surface area contributed by atoms with Crippen LogP contribution in [0.4, 0.5) is 5.82 Å². The summed E-state index contributed by atoms with van der Waals surface area (Å²) in [7, 11) is 3.21. The van der Waals surface area contributed by atoms with E-state index in [0.29, 0.717) is 5.82 Å². The van der Waals surface area contributed by atoms with E-state index < -0.39 is 6.10 Å². The Morgan fingerprint density at radius 1 is 1.86 bits per heavy atom. The van der Waals surface area contributed by atoms with Crippen LogP contribution in [0.3, 0.4) is 0 Å². The van der Waals surface area contributed by atoms with Crippen molar-refractivity contribution < 1.29 is 9.53 Å². The smallest absolute Gasteiger partial charge is 0.256 e. The minimum Gasteiger partial charge on any atom is -0.370 e. The second kappa shape index (κ2) is 4.73. The fourth-order valence-corrected chi connectivity index (χ4v) is 0.999. The van der Waals surface area contributed by atoms with E-state index in [-0.39, 0.29) is 12.5 Å². The molecule has 78 valence electrons. The monoisotopic (exact) mass is 198 g/mol. The van der Waals surface area contributed by atoms with Crippen LogP contribution in [-0.2, 0) is 16.6 Å². The van der Waals surface area contributed by atoms with Crippen LogP contribution in [-0.4, -0.2) is 35.4 Å². The van der Waals surface area contributed by atoms with Crippen molar-refractivity contribution in [1.29, 1.82) is 0 Å². The molecule has 0 radical (unpaired) electrons. The normalized spacial score (nSPS) is 12.5. The number of aromatic nitrogens is 2. The highest BCUT2D eigenvalue weighted by Gasteiger charge is 2.16. The van der Waals surface area contributed by atoms with E-state index in [1.54, 1.807) is 24.0 Å². The van der Waals surface area contributed by atoms with Gasteiger partial charge in [-0.1, -0.05) is 0 Å². The number of aryl methyl sites for hydroxylation is 1. The third kappa shape index (κ3) is 2.54. The summed E-state index contributed by atoms with van der Waals surface area (Å²) in [6, 6.07) is 1.70. The summed E-state index contributed by atoms with van der Waals surface area (Å²) in [6.07, 6.45) is 1.11. The molecule has 1 heterocycles. The molecule has 14 heavy (non-hydrogen) atoms. The number of ether oxygens (including phenoxy) is 1. The van der Waals surface area contributed by atoms with Gasteiger partial charge in [0.2, 0.25) is 0 Å². The molecule has 6 nitrogen and oxygen atoms in total. The van der Waals surface area contributed by atoms with Crippen molar-refractivity contribution >= 4 is 11.7 Å². The van der Waals surface area contributed by atoms with Gasteiger partial charge in [-0.2, -0.15) is 5.10 Å². The van der Waals surface area contributed by atoms with Crippen LogP contribution in [0, 0.1) is 0 Å². The molecule has 1 unspecified atom stereocenters. The minimum absolute atomic E-state index is 0.148. The van der Waals surface area contributed by atoms with Crippen molar-refractivity contribution in [3.05, 3.63) is 12.3 Å². The fraction of sp³-hybridized carbons (Fsp3) is 0.500. The molecule has 0 fully saturated rings. The number of nitrogens with zero attached hydrogens (tertiary/aromatic N) is 2. The van der Waals surface area contributed by atoms with Gasteiger partial charge in [-0.3, -0.25) is 9.48 Å². The molecule has 0 saturated carbocycles. The van der Waals surface area contributed by atoms with E-state index in [1.807, 2.05) is 0 Å². The summed E-state index contributed by atoms with van der Waals surface area (Å²) in [5.74, 6) is 0.210. The van der Waals surface area contributed by atoms with Crippen molar-refractivity contribution in [3.63, 3.8) is 0 Å². The number of carbonyl (C=O) groups excluding carboxylic acids is 1. The first-order valence-electron chi connectivity index (χ1n) is 4.20. The Labute approximate surface area is 82.0 Å². The zero-order valence-electron chi connectivity index (χ0n) is 8.23. The Morgan fingerprint density at radius 2 is 2.57 bits per heavy atom. The lowest BCUT2D eigenvalue weighted by Gasteiger charge is -2.11. The lowest BCUT2D eigenvalue weighted by molar-refractivity contribution is -0.125. The van der Waals surface area contributed by atoms with Gasteiger partial charge in [0, 0.05) is 33.0 Å². The molecule has 3 N–H and O–H groups in total. The van der Waals surface area contributed by atoms with E-state index >= 15 is 0 Å². The average Bonchev–Trinajstić information content (AvgIpc) is 2.53. The maximum absolute atomic E-state index is 11.4. The first-order valence-corrected chi connectivity index (χ1v) is 4.20. The highest BCUT2D eigenvalue weighted by atomic mass is 16.5. The van der Waals surface area contributed by atoms with Crippen LogP contribution < -0.4 is 11.1 Å². The lowest BCUT2D eigenvalue weighted by Crippen LogP contribution is -2.36.